The first kappa shape index (κ1) is 22.6. The fourth-order valence-corrected chi connectivity index (χ4v) is 6.19. The monoisotopic (exact) mass is 466 g/mol. The van der Waals surface area contributed by atoms with Gasteiger partial charge in [-0.15, -0.1) is 0 Å². The molecule has 1 N–H and O–H groups in total. The number of piperidine rings is 1. The summed E-state index contributed by atoms with van der Waals surface area (Å²) in [6.07, 6.45) is 1.32. The van der Waals surface area contributed by atoms with Crippen molar-refractivity contribution in [3.8, 4) is 0 Å². The molecule has 3 aromatic rings. The number of carbonyl (C=O) groups is 1. The second-order valence-corrected chi connectivity index (χ2v) is 11.0. The minimum Gasteiger partial charge on any atom is -0.325 e. The zero-order valence-electron chi connectivity index (χ0n) is 17.9. The molecule has 0 bridgehead atoms. The summed E-state index contributed by atoms with van der Waals surface area (Å²) in [5.41, 5.74) is 1.75. The molecular weight excluding hydrogens is 440 g/mol. The minimum absolute atomic E-state index is 0.144. The summed E-state index contributed by atoms with van der Waals surface area (Å²) in [4.78, 5) is 15.4. The third kappa shape index (κ3) is 5.23. The number of nitrogens with zero attached hydrogens (tertiary/aromatic N) is 1. The van der Waals surface area contributed by atoms with Crippen molar-refractivity contribution in [2.24, 2.45) is 5.92 Å². The average Bonchev–Trinajstić information content (AvgIpc) is 2.81. The number of hydrogen-bond donors (Lipinski definition) is 1. The predicted octanol–water partition coefficient (Wildman–Crippen LogP) is 5.19. The molecule has 5 nitrogen and oxygen atoms in total. The molecule has 0 saturated carbocycles. The Morgan fingerprint density at radius 3 is 2.41 bits per heavy atom. The molecule has 0 spiro atoms. The maximum absolute atomic E-state index is 13.1. The smallest absolute Gasteiger partial charge is 0.243 e. The summed E-state index contributed by atoms with van der Waals surface area (Å²) in [7, 11) is -3.62. The fraction of sp³-hybridized carbons (Fsp3) is 0.240. The van der Waals surface area contributed by atoms with Gasteiger partial charge in [0.2, 0.25) is 15.9 Å². The van der Waals surface area contributed by atoms with E-state index in [0.717, 1.165) is 21.0 Å². The first-order valence-electron chi connectivity index (χ1n) is 10.6. The molecule has 166 valence electrons. The van der Waals surface area contributed by atoms with Gasteiger partial charge in [0.1, 0.15) is 0 Å². The number of para-hydroxylation sites is 1. The van der Waals surface area contributed by atoms with Crippen molar-refractivity contribution in [1.29, 1.82) is 0 Å². The van der Waals surface area contributed by atoms with E-state index in [9.17, 15) is 13.2 Å². The van der Waals surface area contributed by atoms with E-state index in [2.05, 4.69) is 5.32 Å². The molecule has 4 rings (SSSR count). The van der Waals surface area contributed by atoms with Gasteiger partial charge in [-0.25, -0.2) is 8.42 Å². The van der Waals surface area contributed by atoms with Crippen molar-refractivity contribution in [2.75, 3.05) is 18.4 Å². The number of benzene rings is 3. The zero-order chi connectivity index (χ0) is 22.6. The lowest BCUT2D eigenvalue weighted by Gasteiger charge is -2.31. The normalized spacial score (nSPS) is 17.1. The summed E-state index contributed by atoms with van der Waals surface area (Å²) in [5.74, 6) is -0.534. The van der Waals surface area contributed by atoms with Crippen LogP contribution in [-0.2, 0) is 14.8 Å². The van der Waals surface area contributed by atoms with E-state index in [1.807, 2.05) is 61.5 Å². The molecule has 7 heteroatoms. The summed E-state index contributed by atoms with van der Waals surface area (Å²) in [5, 5.41) is 3.04. The first-order chi connectivity index (χ1) is 15.4. The minimum atomic E-state index is -3.62. The van der Waals surface area contributed by atoms with Gasteiger partial charge in [0.05, 0.1) is 16.5 Å². The van der Waals surface area contributed by atoms with Crippen LogP contribution in [0.2, 0.25) is 0 Å². The highest BCUT2D eigenvalue weighted by Gasteiger charge is 2.33. The molecule has 1 amide bonds. The third-order valence-electron chi connectivity index (χ3n) is 5.53. The molecule has 32 heavy (non-hydrogen) atoms. The van der Waals surface area contributed by atoms with E-state index in [4.69, 9.17) is 0 Å². The number of sulfonamides is 1. The largest absolute Gasteiger partial charge is 0.325 e. The highest BCUT2D eigenvalue weighted by atomic mass is 32.2. The maximum atomic E-state index is 13.1. The predicted molar refractivity (Wildman–Crippen MR) is 128 cm³/mol. The van der Waals surface area contributed by atoms with E-state index in [0.29, 0.717) is 19.4 Å². The number of rotatable bonds is 6. The Morgan fingerprint density at radius 1 is 0.969 bits per heavy atom. The van der Waals surface area contributed by atoms with E-state index >= 15 is 0 Å². The number of nitrogens with one attached hydrogen (secondary N) is 1. The molecular formula is C25H26N2O3S2. The Labute approximate surface area is 193 Å². The number of anilines is 1. The van der Waals surface area contributed by atoms with Gasteiger partial charge >= 0.3 is 0 Å². The van der Waals surface area contributed by atoms with Gasteiger partial charge in [0.15, 0.2) is 0 Å². The van der Waals surface area contributed by atoms with Crippen LogP contribution in [0.5, 0.6) is 0 Å². The van der Waals surface area contributed by atoms with Crippen LogP contribution in [0.1, 0.15) is 18.4 Å². The Balaban J connectivity index is 1.47. The van der Waals surface area contributed by atoms with Crippen LogP contribution in [0.4, 0.5) is 5.69 Å². The fourth-order valence-electron chi connectivity index (χ4n) is 3.74. The maximum Gasteiger partial charge on any atom is 0.243 e. The van der Waals surface area contributed by atoms with Crippen molar-refractivity contribution >= 4 is 33.4 Å². The second kappa shape index (κ2) is 9.90. The second-order valence-electron chi connectivity index (χ2n) is 7.92. The summed E-state index contributed by atoms with van der Waals surface area (Å²) < 4.78 is 27.6. The SMILES string of the molecule is Cc1ccc(S(=O)(=O)N2CCCC(C(=O)Nc3ccccc3Sc3ccccc3)C2)cc1. The van der Waals surface area contributed by atoms with Gasteiger partial charge in [-0.1, -0.05) is 59.8 Å². The van der Waals surface area contributed by atoms with Crippen molar-refractivity contribution in [2.45, 2.75) is 34.5 Å². The molecule has 0 radical (unpaired) electrons. The number of aryl methyl sites for hydroxylation is 1. The van der Waals surface area contributed by atoms with Crippen LogP contribution in [0, 0.1) is 12.8 Å². The lowest BCUT2D eigenvalue weighted by atomic mass is 9.99. The molecule has 1 aliphatic rings. The van der Waals surface area contributed by atoms with Gasteiger partial charge in [-0.2, -0.15) is 4.31 Å². The van der Waals surface area contributed by atoms with Crippen LogP contribution in [0.3, 0.4) is 0 Å². The highest BCUT2D eigenvalue weighted by molar-refractivity contribution is 7.99. The molecule has 1 saturated heterocycles. The standard InChI is InChI=1S/C25H26N2O3S2/c1-19-13-15-22(16-14-19)32(29,30)27-17-7-8-20(18-27)25(28)26-23-11-5-6-12-24(23)31-21-9-3-2-4-10-21/h2-6,9-16,20H,7-8,17-18H2,1H3,(H,26,28). The average molecular weight is 467 g/mol. The number of amides is 1. The Hall–Kier alpha value is -2.61. The van der Waals surface area contributed by atoms with Gasteiger partial charge in [-0.05, 0) is 56.2 Å². The topological polar surface area (TPSA) is 66.5 Å². The van der Waals surface area contributed by atoms with Gasteiger partial charge in [0.25, 0.3) is 0 Å². The summed E-state index contributed by atoms with van der Waals surface area (Å²) >= 11 is 1.59. The Morgan fingerprint density at radius 2 is 1.66 bits per heavy atom. The van der Waals surface area contributed by atoms with Gasteiger partial charge in [-0.3, -0.25) is 4.79 Å². The highest BCUT2D eigenvalue weighted by Crippen LogP contribution is 2.34. The van der Waals surface area contributed by atoms with E-state index in [-0.39, 0.29) is 17.3 Å². The molecule has 1 heterocycles. The Bertz CT molecular complexity index is 1180. The van der Waals surface area contributed by atoms with Crippen LogP contribution >= 0.6 is 11.8 Å². The number of hydrogen-bond acceptors (Lipinski definition) is 4. The van der Waals surface area contributed by atoms with Crippen LogP contribution in [-0.4, -0.2) is 31.7 Å². The zero-order valence-corrected chi connectivity index (χ0v) is 19.5. The first-order valence-corrected chi connectivity index (χ1v) is 12.9. The molecule has 1 unspecified atom stereocenters. The Kier molecular flexibility index (Phi) is 6.98. The van der Waals surface area contributed by atoms with E-state index in [1.54, 1.807) is 36.0 Å². The molecule has 0 aliphatic carbocycles. The lowest BCUT2D eigenvalue weighted by Crippen LogP contribution is -2.43. The quantitative estimate of drug-likeness (QED) is 0.543. The third-order valence-corrected chi connectivity index (χ3v) is 8.49. The molecule has 1 atom stereocenters. The van der Waals surface area contributed by atoms with Gasteiger partial charge in [0, 0.05) is 22.9 Å². The molecule has 0 aromatic heterocycles. The molecule has 1 aliphatic heterocycles. The van der Waals surface area contributed by atoms with Crippen LogP contribution in [0.15, 0.2) is 93.5 Å². The van der Waals surface area contributed by atoms with Crippen molar-refractivity contribution in [3.63, 3.8) is 0 Å². The lowest BCUT2D eigenvalue weighted by molar-refractivity contribution is -0.120. The van der Waals surface area contributed by atoms with E-state index < -0.39 is 15.9 Å². The van der Waals surface area contributed by atoms with Crippen molar-refractivity contribution in [3.05, 3.63) is 84.4 Å². The van der Waals surface area contributed by atoms with Crippen molar-refractivity contribution in [1.82, 2.24) is 4.31 Å². The van der Waals surface area contributed by atoms with Crippen LogP contribution in [0.25, 0.3) is 0 Å². The van der Waals surface area contributed by atoms with Crippen molar-refractivity contribution < 1.29 is 13.2 Å². The summed E-state index contributed by atoms with van der Waals surface area (Å²) in [6.45, 7) is 2.54. The van der Waals surface area contributed by atoms with E-state index in [1.165, 1.54) is 4.31 Å². The number of carbonyl (C=O) groups excluding carboxylic acids is 1. The van der Waals surface area contributed by atoms with Crippen LogP contribution < -0.4 is 5.32 Å². The molecule has 3 aromatic carbocycles. The molecule has 1 fully saturated rings. The summed E-state index contributed by atoms with van der Waals surface area (Å²) in [6, 6.07) is 24.5. The van der Waals surface area contributed by atoms with Gasteiger partial charge < -0.3 is 5.32 Å².